The van der Waals surface area contributed by atoms with Crippen molar-refractivity contribution in [3.63, 3.8) is 0 Å². The van der Waals surface area contributed by atoms with Crippen LogP contribution in [-0.2, 0) is 18.6 Å². The predicted octanol–water partition coefficient (Wildman–Crippen LogP) is 12.0. The van der Waals surface area contributed by atoms with Crippen LogP contribution in [0, 0.1) is 0 Å². The third-order valence-corrected chi connectivity index (χ3v) is 12.0. The minimum absolute atomic E-state index is 0.0800. The number of aliphatic hydroxyl groups excluding tert-OH is 2. The summed E-state index contributed by atoms with van der Waals surface area (Å²) in [6.45, 7) is -0.160. The Hall–Kier alpha value is -7.52. The van der Waals surface area contributed by atoms with E-state index in [-0.39, 0.29) is 13.2 Å². The Morgan fingerprint density at radius 2 is 0.672 bits per heavy atom. The molecule has 61 heavy (non-hydrogen) atoms. The largest absolute Gasteiger partial charge is 0.495 e. The minimum Gasteiger partial charge on any atom is -0.495 e. The number of rotatable bonds is 12. The minimum atomic E-state index is -0.783. The summed E-state index contributed by atoms with van der Waals surface area (Å²) in [6.07, 6.45) is 0. The number of methoxy groups -OCH3 is 2. The molecule has 0 aliphatic heterocycles. The van der Waals surface area contributed by atoms with Gasteiger partial charge in [-0.05, 0) is 129 Å². The third kappa shape index (κ3) is 6.41. The summed E-state index contributed by atoms with van der Waals surface area (Å²) in [5, 5.41) is 35.2. The van der Waals surface area contributed by atoms with Crippen LogP contribution in [0.4, 0.5) is 45.5 Å². The van der Waals surface area contributed by atoms with E-state index in [2.05, 4.69) is 94.1 Å². The fraction of sp³-hybridized carbons (Fsp3) is 0.0943. The van der Waals surface area contributed by atoms with E-state index in [1.54, 1.807) is 14.2 Å². The third-order valence-electron chi connectivity index (χ3n) is 12.0. The lowest BCUT2D eigenvalue weighted by molar-refractivity contribution is 0.282. The Morgan fingerprint density at radius 3 is 1.00 bits per heavy atom. The smallest absolute Gasteiger partial charge is 0.142 e. The van der Waals surface area contributed by atoms with E-state index in [1.807, 2.05) is 97.1 Å². The van der Waals surface area contributed by atoms with Crippen molar-refractivity contribution in [2.75, 3.05) is 35.5 Å². The van der Waals surface area contributed by atoms with Gasteiger partial charge in [0.25, 0.3) is 0 Å². The first kappa shape index (κ1) is 37.7. The van der Waals surface area contributed by atoms with Gasteiger partial charge >= 0.3 is 0 Å². The normalized spacial score (nSPS) is 12.5. The molecule has 2 aliphatic carbocycles. The lowest BCUT2D eigenvalue weighted by atomic mass is 9.70. The molecule has 0 atom stereocenters. The molecule has 6 N–H and O–H groups in total. The van der Waals surface area contributed by atoms with Crippen LogP contribution in [0.15, 0.2) is 170 Å². The highest BCUT2D eigenvalue weighted by molar-refractivity contribution is 5.98. The number of hydrogen-bond donors (Lipinski definition) is 6. The van der Waals surface area contributed by atoms with Crippen molar-refractivity contribution >= 4 is 45.5 Å². The number of para-hydroxylation sites is 6. The quantitative estimate of drug-likeness (QED) is 0.0725. The van der Waals surface area contributed by atoms with Gasteiger partial charge in [0.05, 0.1) is 44.2 Å². The zero-order valence-corrected chi connectivity index (χ0v) is 33.8. The number of anilines is 8. The molecule has 0 radical (unpaired) electrons. The van der Waals surface area contributed by atoms with Crippen LogP contribution in [0.1, 0.15) is 33.4 Å². The lowest BCUT2D eigenvalue weighted by Gasteiger charge is -2.32. The van der Waals surface area contributed by atoms with Crippen molar-refractivity contribution in [1.82, 2.24) is 0 Å². The molecular weight excluding hydrogens is 757 g/mol. The van der Waals surface area contributed by atoms with E-state index in [0.29, 0.717) is 0 Å². The monoisotopic (exact) mass is 800 g/mol. The van der Waals surface area contributed by atoms with Crippen LogP contribution >= 0.6 is 0 Å². The maximum atomic E-state index is 10.3. The van der Waals surface area contributed by atoms with Crippen LogP contribution in [0.3, 0.4) is 0 Å². The molecule has 0 amide bonds. The van der Waals surface area contributed by atoms with Crippen LogP contribution in [-0.4, -0.2) is 24.4 Å². The van der Waals surface area contributed by atoms with Crippen LogP contribution in [0.2, 0.25) is 0 Å². The highest BCUT2D eigenvalue weighted by Crippen LogP contribution is 2.64. The van der Waals surface area contributed by atoms with Gasteiger partial charge in [-0.25, -0.2) is 0 Å². The average Bonchev–Trinajstić information content (AvgIpc) is 3.75. The standard InChI is InChI=1S/C53H44N4O4/c1-60-51-17-9-7-15-49(51)56-37-21-25-41-39-23-19-35(54-47-13-5-3-11-33(47)31-58)27-43(39)53(45(41)29-37)44-28-36(55-48-14-6-4-12-34(48)32-59)20-24-40(44)42-26-22-38(30-46(42)53)57-50-16-8-10-18-52(50)61-2/h3-30,54-59H,31-32H2,1-2H3. The van der Waals surface area contributed by atoms with Gasteiger partial charge in [0, 0.05) is 45.3 Å². The van der Waals surface area contributed by atoms with E-state index in [4.69, 9.17) is 9.47 Å². The van der Waals surface area contributed by atoms with Gasteiger partial charge in [0.15, 0.2) is 0 Å². The van der Waals surface area contributed by atoms with Crippen molar-refractivity contribution in [2.45, 2.75) is 18.6 Å². The highest BCUT2D eigenvalue weighted by Gasteiger charge is 2.52. The van der Waals surface area contributed by atoms with Crippen molar-refractivity contribution in [3.05, 3.63) is 203 Å². The Labute approximate surface area is 355 Å². The summed E-state index contributed by atoms with van der Waals surface area (Å²) in [5.74, 6) is 1.50. The zero-order chi connectivity index (χ0) is 41.5. The SMILES string of the molecule is COc1ccccc1Nc1ccc2c(c1)C1(c3cc(Nc4ccccc4CO)ccc3-2)c2cc(Nc3ccccc3CO)ccc2-c2ccc(Nc3ccccc3OC)cc21. The number of fused-ring (bicyclic) bond motifs is 10. The van der Waals surface area contributed by atoms with Crippen LogP contribution < -0.4 is 30.7 Å². The molecule has 0 bridgehead atoms. The maximum absolute atomic E-state index is 10.3. The zero-order valence-electron chi connectivity index (χ0n) is 33.8. The first-order chi connectivity index (χ1) is 30.0. The highest BCUT2D eigenvalue weighted by atomic mass is 16.5. The molecule has 2 aliphatic rings. The molecular formula is C53H44N4O4. The second-order valence-electron chi connectivity index (χ2n) is 15.3. The number of aliphatic hydroxyl groups is 2. The van der Waals surface area contributed by atoms with Gasteiger partial charge in [-0.1, -0.05) is 84.9 Å². The molecule has 0 saturated carbocycles. The Morgan fingerprint density at radius 1 is 0.377 bits per heavy atom. The Bertz CT molecular complexity index is 2560. The van der Waals surface area contributed by atoms with Crippen molar-refractivity contribution in [3.8, 4) is 33.8 Å². The molecule has 8 heteroatoms. The molecule has 0 unspecified atom stereocenters. The summed E-state index contributed by atoms with van der Waals surface area (Å²) in [6, 6.07) is 58.1. The molecule has 8 aromatic rings. The summed E-state index contributed by atoms with van der Waals surface area (Å²) in [4.78, 5) is 0. The Balaban J connectivity index is 1.23. The van der Waals surface area contributed by atoms with Gasteiger partial charge in [-0.15, -0.1) is 0 Å². The molecule has 8 aromatic carbocycles. The van der Waals surface area contributed by atoms with Gasteiger partial charge in [0.1, 0.15) is 11.5 Å². The summed E-state index contributed by atoms with van der Waals surface area (Å²) in [5.41, 5.74) is 17.0. The Kier molecular flexibility index (Phi) is 9.64. The van der Waals surface area contributed by atoms with E-state index >= 15 is 0 Å². The maximum Gasteiger partial charge on any atom is 0.142 e. The topological polar surface area (TPSA) is 107 Å². The molecule has 300 valence electrons. The van der Waals surface area contributed by atoms with E-state index in [0.717, 1.165) is 113 Å². The van der Waals surface area contributed by atoms with Gasteiger partial charge in [-0.3, -0.25) is 0 Å². The first-order valence-electron chi connectivity index (χ1n) is 20.3. The molecule has 0 fully saturated rings. The van der Waals surface area contributed by atoms with E-state index < -0.39 is 5.41 Å². The molecule has 0 aromatic heterocycles. The number of benzene rings is 8. The molecule has 10 rings (SSSR count). The average molecular weight is 801 g/mol. The first-order valence-corrected chi connectivity index (χ1v) is 20.3. The fourth-order valence-corrected chi connectivity index (χ4v) is 9.22. The van der Waals surface area contributed by atoms with Crippen molar-refractivity contribution in [2.24, 2.45) is 0 Å². The summed E-state index contributed by atoms with van der Waals surface area (Å²) in [7, 11) is 3.38. The van der Waals surface area contributed by atoms with E-state index in [1.165, 1.54) is 0 Å². The molecule has 1 spiro atoms. The van der Waals surface area contributed by atoms with Crippen molar-refractivity contribution in [1.29, 1.82) is 0 Å². The molecule has 0 saturated heterocycles. The van der Waals surface area contributed by atoms with Crippen LogP contribution in [0.5, 0.6) is 11.5 Å². The molecule has 0 heterocycles. The number of hydrogen-bond acceptors (Lipinski definition) is 8. The second-order valence-corrected chi connectivity index (χ2v) is 15.3. The predicted molar refractivity (Wildman–Crippen MR) is 247 cm³/mol. The number of ether oxygens (including phenoxy) is 2. The fourth-order valence-electron chi connectivity index (χ4n) is 9.22. The molecule has 8 nitrogen and oxygen atoms in total. The van der Waals surface area contributed by atoms with Crippen LogP contribution in [0.25, 0.3) is 22.3 Å². The summed E-state index contributed by atoms with van der Waals surface area (Å²) < 4.78 is 11.5. The number of nitrogens with one attached hydrogen (secondary N) is 4. The van der Waals surface area contributed by atoms with Crippen molar-refractivity contribution < 1.29 is 19.7 Å². The second kappa shape index (κ2) is 15.6. The van der Waals surface area contributed by atoms with Gasteiger partial charge < -0.3 is 41.0 Å². The van der Waals surface area contributed by atoms with Gasteiger partial charge in [0.2, 0.25) is 0 Å². The van der Waals surface area contributed by atoms with Gasteiger partial charge in [-0.2, -0.15) is 0 Å². The lowest BCUT2D eigenvalue weighted by Crippen LogP contribution is -2.26. The summed E-state index contributed by atoms with van der Waals surface area (Å²) >= 11 is 0. The van der Waals surface area contributed by atoms with E-state index in [9.17, 15) is 10.2 Å².